The summed E-state index contributed by atoms with van der Waals surface area (Å²) in [5, 5.41) is 2.89. The van der Waals surface area contributed by atoms with Gasteiger partial charge in [0.05, 0.1) is 12.8 Å². The SMILES string of the molecule is COc1ccc2c3c1C(NC(C)=O)=CC3=CCC2. The maximum absolute atomic E-state index is 11.3. The van der Waals surface area contributed by atoms with Crippen LogP contribution in [0.15, 0.2) is 24.3 Å². The van der Waals surface area contributed by atoms with E-state index < -0.39 is 0 Å². The maximum atomic E-state index is 11.3. The first-order valence-electron chi connectivity index (χ1n) is 6.11. The molecule has 0 heterocycles. The van der Waals surface area contributed by atoms with Gasteiger partial charge in [0.15, 0.2) is 0 Å². The van der Waals surface area contributed by atoms with E-state index in [0.717, 1.165) is 29.9 Å². The monoisotopic (exact) mass is 241 g/mol. The molecule has 0 saturated heterocycles. The van der Waals surface area contributed by atoms with E-state index in [1.165, 1.54) is 23.6 Å². The van der Waals surface area contributed by atoms with Crippen molar-refractivity contribution < 1.29 is 9.53 Å². The van der Waals surface area contributed by atoms with E-state index in [0.29, 0.717) is 0 Å². The lowest BCUT2D eigenvalue weighted by atomic mass is 9.90. The molecular weight excluding hydrogens is 226 g/mol. The highest BCUT2D eigenvalue weighted by atomic mass is 16.5. The summed E-state index contributed by atoms with van der Waals surface area (Å²) >= 11 is 0. The third-order valence-electron chi connectivity index (χ3n) is 3.42. The second kappa shape index (κ2) is 4.02. The van der Waals surface area contributed by atoms with Crippen molar-refractivity contribution in [2.45, 2.75) is 19.8 Å². The zero-order valence-electron chi connectivity index (χ0n) is 10.5. The number of rotatable bonds is 2. The van der Waals surface area contributed by atoms with Crippen LogP contribution in [-0.2, 0) is 11.2 Å². The highest BCUT2D eigenvalue weighted by Crippen LogP contribution is 2.44. The summed E-state index contributed by atoms with van der Waals surface area (Å²) in [6.45, 7) is 1.53. The number of nitrogens with one attached hydrogen (secondary N) is 1. The molecule has 18 heavy (non-hydrogen) atoms. The Morgan fingerprint density at radius 1 is 1.33 bits per heavy atom. The Balaban J connectivity index is 2.21. The molecule has 2 aliphatic carbocycles. The lowest BCUT2D eigenvalue weighted by Crippen LogP contribution is -2.17. The van der Waals surface area contributed by atoms with E-state index in [9.17, 15) is 4.79 Å². The van der Waals surface area contributed by atoms with Crippen LogP contribution in [0, 0.1) is 0 Å². The van der Waals surface area contributed by atoms with Crippen molar-refractivity contribution in [2.24, 2.45) is 0 Å². The summed E-state index contributed by atoms with van der Waals surface area (Å²) in [6.07, 6.45) is 6.37. The van der Waals surface area contributed by atoms with Gasteiger partial charge in [0.2, 0.25) is 5.91 Å². The van der Waals surface area contributed by atoms with Gasteiger partial charge in [-0.1, -0.05) is 12.1 Å². The number of carbonyl (C=O) groups excluding carboxylic acids is 1. The first kappa shape index (κ1) is 11.1. The summed E-state index contributed by atoms with van der Waals surface area (Å²) in [4.78, 5) is 11.3. The molecule has 1 N–H and O–H groups in total. The van der Waals surface area contributed by atoms with Crippen LogP contribution in [-0.4, -0.2) is 13.0 Å². The first-order chi connectivity index (χ1) is 8.70. The zero-order chi connectivity index (χ0) is 12.7. The summed E-state index contributed by atoms with van der Waals surface area (Å²) in [6, 6.07) is 4.10. The fourth-order valence-electron chi connectivity index (χ4n) is 2.73. The second-order valence-corrected chi connectivity index (χ2v) is 4.61. The summed E-state index contributed by atoms with van der Waals surface area (Å²) in [5.41, 5.74) is 5.64. The van der Waals surface area contributed by atoms with Gasteiger partial charge >= 0.3 is 0 Å². The molecule has 3 nitrogen and oxygen atoms in total. The minimum Gasteiger partial charge on any atom is -0.496 e. The van der Waals surface area contributed by atoms with E-state index in [4.69, 9.17) is 4.74 Å². The summed E-state index contributed by atoms with van der Waals surface area (Å²) in [5.74, 6) is 0.763. The number of hydrogen-bond donors (Lipinski definition) is 1. The van der Waals surface area contributed by atoms with Crippen LogP contribution in [0.5, 0.6) is 5.75 Å². The van der Waals surface area contributed by atoms with Gasteiger partial charge in [-0.15, -0.1) is 0 Å². The van der Waals surface area contributed by atoms with Crippen LogP contribution in [0.3, 0.4) is 0 Å². The van der Waals surface area contributed by atoms with Gasteiger partial charge in [-0.05, 0) is 41.7 Å². The number of benzene rings is 1. The van der Waals surface area contributed by atoms with Crippen LogP contribution in [0.25, 0.3) is 11.3 Å². The van der Waals surface area contributed by atoms with Gasteiger partial charge in [0, 0.05) is 12.5 Å². The fourth-order valence-corrected chi connectivity index (χ4v) is 2.73. The molecule has 0 aromatic heterocycles. The number of methoxy groups -OCH3 is 1. The summed E-state index contributed by atoms with van der Waals surface area (Å²) < 4.78 is 5.42. The molecule has 1 aromatic carbocycles. The van der Waals surface area contributed by atoms with E-state index in [2.05, 4.69) is 17.5 Å². The molecule has 2 aliphatic rings. The van der Waals surface area contributed by atoms with Gasteiger partial charge in [0.25, 0.3) is 0 Å². The number of aryl methyl sites for hydroxylation is 1. The Morgan fingerprint density at radius 3 is 2.89 bits per heavy atom. The third-order valence-corrected chi connectivity index (χ3v) is 3.42. The van der Waals surface area contributed by atoms with Crippen molar-refractivity contribution in [1.29, 1.82) is 0 Å². The van der Waals surface area contributed by atoms with E-state index >= 15 is 0 Å². The number of amides is 1. The van der Waals surface area contributed by atoms with E-state index in [1.54, 1.807) is 7.11 Å². The molecule has 0 unspecified atom stereocenters. The van der Waals surface area contributed by atoms with Crippen LogP contribution in [0.1, 0.15) is 30.0 Å². The fraction of sp³-hybridized carbons (Fsp3) is 0.267. The molecule has 0 atom stereocenters. The van der Waals surface area contributed by atoms with Crippen LogP contribution in [0.4, 0.5) is 0 Å². The number of allylic oxidation sites excluding steroid dienone is 3. The molecule has 0 spiro atoms. The normalized spacial score (nSPS) is 15.7. The number of hydrogen-bond acceptors (Lipinski definition) is 2. The smallest absolute Gasteiger partial charge is 0.221 e. The number of carbonyl (C=O) groups is 1. The van der Waals surface area contributed by atoms with Crippen LogP contribution in [0.2, 0.25) is 0 Å². The maximum Gasteiger partial charge on any atom is 0.221 e. The lowest BCUT2D eigenvalue weighted by Gasteiger charge is -2.17. The minimum atomic E-state index is -0.0554. The standard InChI is InChI=1S/C15H15NO2/c1-9(17)16-12-8-11-5-3-4-10-6-7-13(18-2)15(12)14(10)11/h5-8H,3-4H2,1-2H3,(H,16,17). The topological polar surface area (TPSA) is 38.3 Å². The molecule has 0 fully saturated rings. The molecule has 0 saturated carbocycles. The van der Waals surface area contributed by atoms with Crippen molar-refractivity contribution >= 4 is 17.2 Å². The third kappa shape index (κ3) is 1.55. The Kier molecular flexibility index (Phi) is 2.47. The Morgan fingerprint density at radius 2 is 2.17 bits per heavy atom. The van der Waals surface area contributed by atoms with Gasteiger partial charge in [-0.2, -0.15) is 0 Å². The molecule has 3 heteroatoms. The zero-order valence-corrected chi connectivity index (χ0v) is 10.5. The second-order valence-electron chi connectivity index (χ2n) is 4.61. The van der Waals surface area contributed by atoms with Crippen molar-refractivity contribution in [2.75, 3.05) is 7.11 Å². The Hall–Kier alpha value is -2.03. The van der Waals surface area contributed by atoms with Crippen molar-refractivity contribution in [3.63, 3.8) is 0 Å². The Bertz CT molecular complexity index is 597. The van der Waals surface area contributed by atoms with Crippen LogP contribution >= 0.6 is 0 Å². The van der Waals surface area contributed by atoms with Gasteiger partial charge in [-0.25, -0.2) is 0 Å². The largest absolute Gasteiger partial charge is 0.496 e. The number of ether oxygens (including phenoxy) is 1. The highest BCUT2D eigenvalue weighted by Gasteiger charge is 2.27. The van der Waals surface area contributed by atoms with E-state index in [1.807, 2.05) is 12.1 Å². The highest BCUT2D eigenvalue weighted by molar-refractivity contribution is 6.02. The minimum absolute atomic E-state index is 0.0554. The average Bonchev–Trinajstić information content (AvgIpc) is 2.70. The molecule has 0 radical (unpaired) electrons. The predicted molar refractivity (Wildman–Crippen MR) is 71.1 cm³/mol. The molecule has 0 aliphatic heterocycles. The average molecular weight is 241 g/mol. The van der Waals surface area contributed by atoms with Gasteiger partial charge in [0.1, 0.15) is 5.75 Å². The van der Waals surface area contributed by atoms with Crippen molar-refractivity contribution in [1.82, 2.24) is 5.32 Å². The van der Waals surface area contributed by atoms with E-state index in [-0.39, 0.29) is 5.91 Å². The molecule has 3 rings (SSSR count). The van der Waals surface area contributed by atoms with Crippen molar-refractivity contribution in [3.8, 4) is 5.75 Å². The van der Waals surface area contributed by atoms with Gasteiger partial charge < -0.3 is 10.1 Å². The molecule has 1 amide bonds. The molecule has 92 valence electrons. The quantitative estimate of drug-likeness (QED) is 0.864. The Labute approximate surface area is 106 Å². The summed E-state index contributed by atoms with van der Waals surface area (Å²) in [7, 11) is 1.66. The van der Waals surface area contributed by atoms with Crippen LogP contribution < -0.4 is 10.1 Å². The molecular formula is C15H15NO2. The van der Waals surface area contributed by atoms with Gasteiger partial charge in [-0.3, -0.25) is 4.79 Å². The molecule has 1 aromatic rings. The first-order valence-corrected chi connectivity index (χ1v) is 6.11. The predicted octanol–water partition coefficient (Wildman–Crippen LogP) is 2.52. The molecule has 0 bridgehead atoms. The lowest BCUT2D eigenvalue weighted by molar-refractivity contribution is -0.117. The van der Waals surface area contributed by atoms with Crippen molar-refractivity contribution in [3.05, 3.63) is 41.0 Å².